The van der Waals surface area contributed by atoms with Gasteiger partial charge < -0.3 is 15.4 Å². The molecule has 2 amide bonds. The van der Waals surface area contributed by atoms with E-state index in [9.17, 15) is 9.59 Å². The first-order valence-corrected chi connectivity index (χ1v) is 7.92. The lowest BCUT2D eigenvalue weighted by Gasteiger charge is -2.21. The average Bonchev–Trinajstić information content (AvgIpc) is 2.57. The van der Waals surface area contributed by atoms with E-state index < -0.39 is 5.91 Å². The zero-order chi connectivity index (χ0) is 17.5. The standard InChI is InChI=1S/C18H19ClN2O3/c1-2-21(11-13-5-3-7-15(19)9-13)18(23)14-6-4-8-16(10-14)24-12-17(20)22/h3-10H,2,11-12H2,1H3,(H2,20,22). The maximum absolute atomic E-state index is 12.7. The maximum atomic E-state index is 12.7. The number of hydrogen-bond acceptors (Lipinski definition) is 3. The van der Waals surface area contributed by atoms with Gasteiger partial charge in [0.15, 0.2) is 6.61 Å². The molecule has 0 fully saturated rings. The summed E-state index contributed by atoms with van der Waals surface area (Å²) >= 11 is 5.99. The van der Waals surface area contributed by atoms with Crippen LogP contribution in [0.15, 0.2) is 48.5 Å². The van der Waals surface area contributed by atoms with Crippen molar-refractivity contribution in [2.75, 3.05) is 13.2 Å². The topological polar surface area (TPSA) is 72.6 Å². The fourth-order valence-electron chi connectivity index (χ4n) is 2.24. The molecule has 2 rings (SSSR count). The molecule has 0 aliphatic rings. The van der Waals surface area contributed by atoms with Gasteiger partial charge in [-0.3, -0.25) is 9.59 Å². The Morgan fingerprint density at radius 1 is 1.17 bits per heavy atom. The number of rotatable bonds is 7. The van der Waals surface area contributed by atoms with Gasteiger partial charge in [-0.15, -0.1) is 0 Å². The van der Waals surface area contributed by atoms with Crippen LogP contribution in [0.3, 0.4) is 0 Å². The first kappa shape index (κ1) is 17.8. The first-order chi connectivity index (χ1) is 11.5. The van der Waals surface area contributed by atoms with Crippen LogP contribution < -0.4 is 10.5 Å². The van der Waals surface area contributed by atoms with E-state index >= 15 is 0 Å². The van der Waals surface area contributed by atoms with Crippen molar-refractivity contribution >= 4 is 23.4 Å². The van der Waals surface area contributed by atoms with E-state index in [1.807, 2.05) is 25.1 Å². The smallest absolute Gasteiger partial charge is 0.255 e. The number of amides is 2. The molecule has 0 aliphatic heterocycles. The molecular weight excluding hydrogens is 328 g/mol. The lowest BCUT2D eigenvalue weighted by molar-refractivity contribution is -0.119. The summed E-state index contributed by atoms with van der Waals surface area (Å²) in [6.45, 7) is 2.70. The number of carbonyl (C=O) groups is 2. The second kappa shape index (κ2) is 8.36. The molecule has 0 heterocycles. The predicted molar refractivity (Wildman–Crippen MR) is 93.0 cm³/mol. The van der Waals surface area contributed by atoms with Crippen molar-refractivity contribution in [2.45, 2.75) is 13.5 Å². The van der Waals surface area contributed by atoms with Crippen molar-refractivity contribution < 1.29 is 14.3 Å². The minimum Gasteiger partial charge on any atom is -0.484 e. The fraction of sp³-hybridized carbons (Fsp3) is 0.222. The molecular formula is C18H19ClN2O3. The minimum atomic E-state index is -0.567. The molecule has 2 aromatic rings. The maximum Gasteiger partial charge on any atom is 0.255 e. The number of ether oxygens (including phenoxy) is 1. The van der Waals surface area contributed by atoms with E-state index in [4.69, 9.17) is 22.1 Å². The number of carbonyl (C=O) groups excluding carboxylic acids is 2. The highest BCUT2D eigenvalue weighted by atomic mass is 35.5. The third-order valence-corrected chi connectivity index (χ3v) is 3.63. The van der Waals surface area contributed by atoms with E-state index in [0.717, 1.165) is 5.56 Å². The fourth-order valence-corrected chi connectivity index (χ4v) is 2.45. The number of hydrogen-bond donors (Lipinski definition) is 1. The van der Waals surface area contributed by atoms with Crippen LogP contribution in [0.4, 0.5) is 0 Å². The molecule has 2 N–H and O–H groups in total. The van der Waals surface area contributed by atoms with Gasteiger partial charge in [0.1, 0.15) is 5.75 Å². The highest BCUT2D eigenvalue weighted by molar-refractivity contribution is 6.30. The van der Waals surface area contributed by atoms with Crippen LogP contribution in [0.2, 0.25) is 5.02 Å². The van der Waals surface area contributed by atoms with Crippen LogP contribution in [0.1, 0.15) is 22.8 Å². The number of primary amides is 1. The van der Waals surface area contributed by atoms with Gasteiger partial charge in [0, 0.05) is 23.7 Å². The molecule has 24 heavy (non-hydrogen) atoms. The van der Waals surface area contributed by atoms with Crippen LogP contribution in [-0.2, 0) is 11.3 Å². The van der Waals surface area contributed by atoms with Crippen LogP contribution in [0, 0.1) is 0 Å². The highest BCUT2D eigenvalue weighted by Gasteiger charge is 2.15. The number of nitrogens with zero attached hydrogens (tertiary/aromatic N) is 1. The summed E-state index contributed by atoms with van der Waals surface area (Å²) in [7, 11) is 0. The van der Waals surface area contributed by atoms with Gasteiger partial charge in [0.25, 0.3) is 11.8 Å². The van der Waals surface area contributed by atoms with Crippen molar-refractivity contribution in [1.82, 2.24) is 4.90 Å². The van der Waals surface area contributed by atoms with E-state index in [1.165, 1.54) is 0 Å². The molecule has 6 heteroatoms. The zero-order valence-corrected chi connectivity index (χ0v) is 14.1. The summed E-state index contributed by atoms with van der Waals surface area (Å²) in [6, 6.07) is 14.1. The highest BCUT2D eigenvalue weighted by Crippen LogP contribution is 2.17. The van der Waals surface area contributed by atoms with Gasteiger partial charge in [-0.05, 0) is 42.8 Å². The third kappa shape index (κ3) is 4.99. The van der Waals surface area contributed by atoms with Crippen molar-refractivity contribution in [3.63, 3.8) is 0 Å². The van der Waals surface area contributed by atoms with Crippen molar-refractivity contribution in [1.29, 1.82) is 0 Å². The number of halogens is 1. The molecule has 0 saturated carbocycles. The lowest BCUT2D eigenvalue weighted by Crippen LogP contribution is -2.30. The predicted octanol–water partition coefficient (Wildman–Crippen LogP) is 2.87. The Hall–Kier alpha value is -2.53. The summed E-state index contributed by atoms with van der Waals surface area (Å²) in [4.78, 5) is 25.2. The quantitative estimate of drug-likeness (QED) is 0.837. The molecule has 0 unspecified atom stereocenters. The van der Waals surface area contributed by atoms with Gasteiger partial charge in [-0.25, -0.2) is 0 Å². The van der Waals surface area contributed by atoms with Crippen LogP contribution >= 0.6 is 11.6 Å². The van der Waals surface area contributed by atoms with Gasteiger partial charge >= 0.3 is 0 Å². The summed E-state index contributed by atoms with van der Waals surface area (Å²) in [5, 5.41) is 0.637. The molecule has 0 saturated heterocycles. The Bertz CT molecular complexity index is 734. The Labute approximate surface area is 146 Å². The Morgan fingerprint density at radius 2 is 1.92 bits per heavy atom. The number of nitrogens with two attached hydrogens (primary N) is 1. The van der Waals surface area contributed by atoms with E-state index in [2.05, 4.69) is 0 Å². The SMILES string of the molecule is CCN(Cc1cccc(Cl)c1)C(=O)c1cccc(OCC(N)=O)c1. The molecule has 0 atom stereocenters. The van der Waals surface area contributed by atoms with Gasteiger partial charge in [0.05, 0.1) is 0 Å². The molecule has 0 aliphatic carbocycles. The zero-order valence-electron chi connectivity index (χ0n) is 13.4. The van der Waals surface area contributed by atoms with Crippen LogP contribution in [0.25, 0.3) is 0 Å². The van der Waals surface area contributed by atoms with Crippen molar-refractivity contribution in [3.8, 4) is 5.75 Å². The van der Waals surface area contributed by atoms with Gasteiger partial charge in [-0.2, -0.15) is 0 Å². The molecule has 0 bridgehead atoms. The van der Waals surface area contributed by atoms with E-state index in [1.54, 1.807) is 35.2 Å². The summed E-state index contributed by atoms with van der Waals surface area (Å²) in [5.41, 5.74) is 6.50. The lowest BCUT2D eigenvalue weighted by atomic mass is 10.1. The molecule has 126 valence electrons. The Morgan fingerprint density at radius 3 is 2.58 bits per heavy atom. The van der Waals surface area contributed by atoms with E-state index in [0.29, 0.717) is 29.4 Å². The average molecular weight is 347 g/mol. The minimum absolute atomic E-state index is 0.123. The van der Waals surface area contributed by atoms with Crippen LogP contribution in [-0.4, -0.2) is 29.9 Å². The second-order valence-electron chi connectivity index (χ2n) is 5.23. The molecule has 2 aromatic carbocycles. The summed E-state index contributed by atoms with van der Waals surface area (Å²) < 4.78 is 5.24. The van der Waals surface area contributed by atoms with Crippen molar-refractivity contribution in [3.05, 3.63) is 64.7 Å². The second-order valence-corrected chi connectivity index (χ2v) is 5.67. The molecule has 0 spiro atoms. The molecule has 5 nitrogen and oxygen atoms in total. The first-order valence-electron chi connectivity index (χ1n) is 7.54. The molecule has 0 aromatic heterocycles. The van der Waals surface area contributed by atoms with Gasteiger partial charge in [0.2, 0.25) is 0 Å². The molecule has 0 radical (unpaired) electrons. The monoisotopic (exact) mass is 346 g/mol. The Balaban J connectivity index is 2.13. The van der Waals surface area contributed by atoms with Gasteiger partial charge in [-0.1, -0.05) is 29.8 Å². The largest absolute Gasteiger partial charge is 0.484 e. The van der Waals surface area contributed by atoms with Crippen LogP contribution in [0.5, 0.6) is 5.75 Å². The normalized spacial score (nSPS) is 10.2. The summed E-state index contributed by atoms with van der Waals surface area (Å²) in [6.07, 6.45) is 0. The van der Waals surface area contributed by atoms with E-state index in [-0.39, 0.29) is 12.5 Å². The summed E-state index contributed by atoms with van der Waals surface area (Å²) in [5.74, 6) is -0.261. The Kier molecular flexibility index (Phi) is 6.21. The number of benzene rings is 2. The van der Waals surface area contributed by atoms with Crippen molar-refractivity contribution in [2.24, 2.45) is 5.73 Å². The third-order valence-electron chi connectivity index (χ3n) is 3.39.